The Bertz CT molecular complexity index is 840. The molecule has 2 aromatic rings. The quantitative estimate of drug-likeness (QED) is 0.856. The van der Waals surface area contributed by atoms with Gasteiger partial charge in [-0.3, -0.25) is 0 Å². The van der Waals surface area contributed by atoms with E-state index in [-0.39, 0.29) is 11.8 Å². The minimum absolute atomic E-state index is 0.155. The van der Waals surface area contributed by atoms with Crippen molar-refractivity contribution in [3.63, 3.8) is 0 Å². The van der Waals surface area contributed by atoms with Crippen LogP contribution in [0, 0.1) is 0 Å². The molecule has 2 aliphatic heterocycles. The summed E-state index contributed by atoms with van der Waals surface area (Å²) < 4.78 is 12.1. The lowest BCUT2D eigenvalue weighted by atomic mass is 9.87. The highest BCUT2D eigenvalue weighted by molar-refractivity contribution is 5.67. The van der Waals surface area contributed by atoms with Crippen LogP contribution in [0.1, 0.15) is 49.3 Å². The Balaban J connectivity index is 1.61. The van der Waals surface area contributed by atoms with Gasteiger partial charge in [-0.05, 0) is 42.7 Å². The van der Waals surface area contributed by atoms with Crippen LogP contribution in [0.3, 0.4) is 0 Å². The molecular formula is C22H24N2O2. The lowest BCUT2D eigenvalue weighted by Gasteiger charge is -2.50. The van der Waals surface area contributed by atoms with E-state index in [1.807, 2.05) is 6.07 Å². The zero-order chi connectivity index (χ0) is 17.6. The number of benzene rings is 2. The van der Waals surface area contributed by atoms with Crippen LogP contribution in [0.2, 0.25) is 0 Å². The molecule has 26 heavy (non-hydrogen) atoms. The van der Waals surface area contributed by atoms with Crippen LogP contribution in [0.15, 0.2) is 54.6 Å². The summed E-state index contributed by atoms with van der Waals surface area (Å²) in [6.07, 6.45) is 8.13. The smallest absolute Gasteiger partial charge is 0.180 e. The Morgan fingerprint density at radius 1 is 1.08 bits per heavy atom. The van der Waals surface area contributed by atoms with Crippen molar-refractivity contribution in [2.45, 2.75) is 43.9 Å². The molecule has 1 N–H and O–H groups in total. The van der Waals surface area contributed by atoms with E-state index in [0.29, 0.717) is 0 Å². The van der Waals surface area contributed by atoms with Gasteiger partial charge in [-0.1, -0.05) is 36.8 Å². The third-order valence-corrected chi connectivity index (χ3v) is 5.84. The fourth-order valence-electron chi connectivity index (χ4n) is 4.51. The Morgan fingerprint density at radius 2 is 1.88 bits per heavy atom. The van der Waals surface area contributed by atoms with Crippen molar-refractivity contribution in [2.24, 2.45) is 0 Å². The van der Waals surface area contributed by atoms with E-state index >= 15 is 0 Å². The average molecular weight is 348 g/mol. The summed E-state index contributed by atoms with van der Waals surface area (Å²) in [5, 5.41) is 2.34. The molecule has 1 saturated carbocycles. The molecule has 0 aromatic heterocycles. The number of fused-ring (bicyclic) bond motifs is 4. The number of rotatable bonds is 2. The molecule has 1 fully saturated rings. The van der Waals surface area contributed by atoms with Crippen LogP contribution >= 0.6 is 0 Å². The second-order valence-corrected chi connectivity index (χ2v) is 7.39. The van der Waals surface area contributed by atoms with Gasteiger partial charge in [-0.2, -0.15) is 5.01 Å². The second kappa shape index (κ2) is 6.06. The minimum atomic E-state index is -0.266. The van der Waals surface area contributed by atoms with E-state index in [1.54, 1.807) is 7.11 Å². The number of hydrazine groups is 1. The Labute approximate surface area is 154 Å². The van der Waals surface area contributed by atoms with E-state index in [0.717, 1.165) is 30.0 Å². The fraction of sp³-hybridized carbons (Fsp3) is 0.364. The van der Waals surface area contributed by atoms with Gasteiger partial charge in [0.1, 0.15) is 11.5 Å². The van der Waals surface area contributed by atoms with Crippen LogP contribution in [-0.4, -0.2) is 17.8 Å². The summed E-state index contributed by atoms with van der Waals surface area (Å²) in [6, 6.07) is 16.8. The Hall–Kier alpha value is -2.46. The molecule has 2 heterocycles. The summed E-state index contributed by atoms with van der Waals surface area (Å²) in [5.74, 6) is 1.86. The maximum atomic E-state index is 6.63. The van der Waals surface area contributed by atoms with Crippen LogP contribution < -0.4 is 14.9 Å². The van der Waals surface area contributed by atoms with Gasteiger partial charge in [0.05, 0.1) is 18.8 Å². The highest BCUT2D eigenvalue weighted by atomic mass is 16.5. The van der Waals surface area contributed by atoms with Gasteiger partial charge in [0.2, 0.25) is 0 Å². The number of hydrogen-bond donors (Lipinski definition) is 1. The first-order valence-corrected chi connectivity index (χ1v) is 9.49. The van der Waals surface area contributed by atoms with E-state index < -0.39 is 0 Å². The number of methoxy groups -OCH3 is 1. The van der Waals surface area contributed by atoms with E-state index in [2.05, 4.69) is 59.0 Å². The number of nitrogens with one attached hydrogen (secondary N) is 1. The van der Waals surface area contributed by atoms with Crippen molar-refractivity contribution >= 4 is 5.70 Å². The first kappa shape index (κ1) is 15.8. The largest absolute Gasteiger partial charge is 0.497 e. The van der Waals surface area contributed by atoms with Crippen molar-refractivity contribution in [1.82, 2.24) is 10.4 Å². The zero-order valence-electron chi connectivity index (χ0n) is 15.1. The third kappa shape index (κ3) is 2.40. The minimum Gasteiger partial charge on any atom is -0.497 e. The highest BCUT2D eigenvalue weighted by Crippen LogP contribution is 2.50. The number of hydrogen-bond acceptors (Lipinski definition) is 4. The second-order valence-electron chi connectivity index (χ2n) is 7.39. The number of ether oxygens (including phenoxy) is 2. The average Bonchev–Trinajstić information content (AvgIpc) is 3.16. The zero-order valence-corrected chi connectivity index (χ0v) is 15.1. The molecule has 0 bridgehead atoms. The predicted octanol–water partition coefficient (Wildman–Crippen LogP) is 4.65. The molecular weight excluding hydrogens is 324 g/mol. The van der Waals surface area contributed by atoms with Gasteiger partial charge >= 0.3 is 0 Å². The Morgan fingerprint density at radius 3 is 2.65 bits per heavy atom. The molecule has 2 aromatic carbocycles. The predicted molar refractivity (Wildman–Crippen MR) is 102 cm³/mol. The summed E-state index contributed by atoms with van der Waals surface area (Å²) in [4.78, 5) is 0. The maximum absolute atomic E-state index is 6.63. The van der Waals surface area contributed by atoms with Gasteiger partial charge in [0.15, 0.2) is 5.72 Å². The standard InChI is InChI=1S/C22H24N2O2/c1-25-17-10-11-21-18(14-17)20-15-19(16-8-4-2-5-9-16)23-24(20)22(26-21)12-6-3-7-13-22/h2,4-5,8-11,14-15,20,23H,3,6-7,12-13H2,1H3/t20-/m1/s1. The lowest BCUT2D eigenvalue weighted by molar-refractivity contribution is -0.150. The third-order valence-electron chi connectivity index (χ3n) is 5.84. The van der Waals surface area contributed by atoms with Crippen LogP contribution in [0.5, 0.6) is 11.5 Å². The molecule has 4 nitrogen and oxygen atoms in total. The molecule has 5 rings (SSSR count). The monoisotopic (exact) mass is 348 g/mol. The van der Waals surface area contributed by atoms with Crippen molar-refractivity contribution in [1.29, 1.82) is 0 Å². The van der Waals surface area contributed by atoms with Crippen molar-refractivity contribution in [3.8, 4) is 11.5 Å². The van der Waals surface area contributed by atoms with Crippen molar-refractivity contribution in [2.75, 3.05) is 7.11 Å². The van der Waals surface area contributed by atoms with E-state index in [1.165, 1.54) is 30.4 Å². The molecule has 0 unspecified atom stereocenters. The molecule has 1 spiro atoms. The molecule has 3 aliphatic rings. The van der Waals surface area contributed by atoms with E-state index in [9.17, 15) is 0 Å². The maximum Gasteiger partial charge on any atom is 0.180 e. The Kier molecular flexibility index (Phi) is 3.68. The van der Waals surface area contributed by atoms with Crippen LogP contribution in [0.25, 0.3) is 5.70 Å². The first-order valence-electron chi connectivity index (χ1n) is 9.49. The molecule has 134 valence electrons. The summed E-state index contributed by atoms with van der Waals surface area (Å²) in [6.45, 7) is 0. The molecule has 1 atom stereocenters. The van der Waals surface area contributed by atoms with E-state index in [4.69, 9.17) is 9.47 Å². The molecule has 0 saturated heterocycles. The van der Waals surface area contributed by atoms with Crippen LogP contribution in [0.4, 0.5) is 0 Å². The molecule has 0 amide bonds. The fourth-order valence-corrected chi connectivity index (χ4v) is 4.51. The molecule has 0 radical (unpaired) electrons. The summed E-state index contributed by atoms with van der Waals surface area (Å²) in [5.41, 5.74) is 6.93. The van der Waals surface area contributed by atoms with Gasteiger partial charge in [-0.15, -0.1) is 0 Å². The highest BCUT2D eigenvalue weighted by Gasteiger charge is 2.50. The van der Waals surface area contributed by atoms with Crippen molar-refractivity contribution in [3.05, 3.63) is 65.7 Å². The van der Waals surface area contributed by atoms with Crippen molar-refractivity contribution < 1.29 is 9.47 Å². The SMILES string of the molecule is COc1ccc2c(c1)[C@H]1C=C(c3ccccc3)NN1C1(CCCCC1)O2. The van der Waals surface area contributed by atoms with Gasteiger partial charge in [0.25, 0.3) is 0 Å². The van der Waals surface area contributed by atoms with Crippen LogP contribution in [-0.2, 0) is 0 Å². The molecule has 1 aliphatic carbocycles. The summed E-state index contributed by atoms with van der Waals surface area (Å²) in [7, 11) is 1.71. The molecule has 4 heteroatoms. The van der Waals surface area contributed by atoms with Gasteiger partial charge in [-0.25, -0.2) is 0 Å². The topological polar surface area (TPSA) is 33.7 Å². The van der Waals surface area contributed by atoms with Gasteiger partial charge < -0.3 is 14.9 Å². The van der Waals surface area contributed by atoms with Gasteiger partial charge in [0, 0.05) is 18.4 Å². The number of nitrogens with zero attached hydrogens (tertiary/aromatic N) is 1. The normalized spacial score (nSPS) is 23.4. The first-order chi connectivity index (χ1) is 12.8. The lowest BCUT2D eigenvalue weighted by Crippen LogP contribution is -2.60. The summed E-state index contributed by atoms with van der Waals surface area (Å²) >= 11 is 0.